The average molecular weight is 449 g/mol. The minimum absolute atomic E-state index is 0. The van der Waals surface area contributed by atoms with Crippen LogP contribution in [-0.4, -0.2) is 4.21 Å². The van der Waals surface area contributed by atoms with E-state index < -0.39 is 21.3 Å². The molecule has 2 aromatic carbocycles. The van der Waals surface area contributed by atoms with Gasteiger partial charge in [-0.2, -0.15) is 0 Å². The van der Waals surface area contributed by atoms with E-state index in [-0.39, 0.29) is 24.8 Å². The van der Waals surface area contributed by atoms with Gasteiger partial charge in [0.1, 0.15) is 0 Å². The smallest absolute Gasteiger partial charge is 1.00 e. The second kappa shape index (κ2) is 7.87. The fourth-order valence-electron chi connectivity index (χ4n) is 4.36. The van der Waals surface area contributed by atoms with Crippen molar-refractivity contribution in [3.63, 3.8) is 0 Å². The van der Waals surface area contributed by atoms with Gasteiger partial charge in [-0.25, -0.2) is 0 Å². The van der Waals surface area contributed by atoms with Crippen LogP contribution in [0.2, 0.25) is 0 Å². The monoisotopic (exact) mass is 446 g/mol. The summed E-state index contributed by atoms with van der Waals surface area (Å²) in [6, 6.07) is 18.0. The zero-order valence-electron chi connectivity index (χ0n) is 14.8. The van der Waals surface area contributed by atoms with Gasteiger partial charge in [0.25, 0.3) is 0 Å². The first-order valence-electron chi connectivity index (χ1n) is 8.36. The molecular weight excluding hydrogens is 426 g/mol. The Bertz CT molecular complexity index is 847. The Balaban J connectivity index is 0.00000113. The molecule has 0 fully saturated rings. The maximum Gasteiger partial charge on any atom is -1.00 e. The number of allylic oxidation sites excluding steroid dienone is 4. The molecule has 1 atom stereocenters. The van der Waals surface area contributed by atoms with Gasteiger partial charge in [-0.05, 0) is 0 Å². The second-order valence-corrected chi connectivity index (χ2v) is 12.1. The predicted molar refractivity (Wildman–Crippen MR) is 96.5 cm³/mol. The first-order valence-corrected chi connectivity index (χ1v) is 12.7. The van der Waals surface area contributed by atoms with Crippen LogP contribution in [0.3, 0.4) is 0 Å². The van der Waals surface area contributed by atoms with Gasteiger partial charge in [0, 0.05) is 0 Å². The molecule has 2 aromatic rings. The van der Waals surface area contributed by atoms with Crippen molar-refractivity contribution in [1.82, 2.24) is 0 Å². The van der Waals surface area contributed by atoms with Crippen molar-refractivity contribution in [2.75, 3.05) is 0 Å². The molecule has 0 radical (unpaired) electrons. The third-order valence-electron chi connectivity index (χ3n) is 5.48. The van der Waals surface area contributed by atoms with E-state index in [2.05, 4.69) is 75.4 Å². The molecule has 0 N–H and O–H groups in total. The van der Waals surface area contributed by atoms with Crippen LogP contribution in [-0.2, 0) is 21.3 Å². The summed E-state index contributed by atoms with van der Waals surface area (Å²) in [6.07, 6.45) is 2.43. The normalized spacial score (nSPS) is 17.7. The fraction of sp³-hybridized carbons (Fsp3) is 0.227. The van der Waals surface area contributed by atoms with Crippen molar-refractivity contribution in [1.29, 1.82) is 0 Å². The Morgan fingerprint density at radius 1 is 0.840 bits per heavy atom. The Morgan fingerprint density at radius 2 is 1.32 bits per heavy atom. The molecule has 0 spiro atoms. The van der Waals surface area contributed by atoms with Crippen molar-refractivity contribution < 1.29 is 46.1 Å². The molecule has 0 nitrogen and oxygen atoms in total. The summed E-state index contributed by atoms with van der Waals surface area (Å²) in [5.41, 5.74) is 8.91. The van der Waals surface area contributed by atoms with Crippen molar-refractivity contribution in [3.05, 3.63) is 80.2 Å². The number of hydrogen-bond donors (Lipinski definition) is 0. The predicted octanol–water partition coefficient (Wildman–Crippen LogP) is -0.315. The Morgan fingerprint density at radius 3 is 1.76 bits per heavy atom. The molecule has 2 aliphatic carbocycles. The molecule has 0 bridgehead atoms. The SMILES string of the molecule is [CH2]=[Zr+2]([C]1=C(C)C(C)=CC1C)[CH]1c2ccccc2-c2ccccc21.[Cl-].[Cl-]. The van der Waals surface area contributed by atoms with E-state index in [1.165, 1.54) is 33.4 Å². The first kappa shape index (κ1) is 20.6. The van der Waals surface area contributed by atoms with E-state index in [9.17, 15) is 0 Å². The molecular formula is C22H22Cl2Zr. The van der Waals surface area contributed by atoms with Crippen LogP contribution in [0.4, 0.5) is 0 Å². The molecule has 25 heavy (non-hydrogen) atoms. The number of rotatable bonds is 2. The van der Waals surface area contributed by atoms with Gasteiger partial charge in [-0.15, -0.1) is 0 Å². The zero-order chi connectivity index (χ0) is 16.1. The van der Waals surface area contributed by atoms with Crippen molar-refractivity contribution >= 4 is 4.21 Å². The summed E-state index contributed by atoms with van der Waals surface area (Å²) in [4.78, 5) is 0. The maximum absolute atomic E-state index is 4.84. The van der Waals surface area contributed by atoms with Crippen LogP contribution in [0.15, 0.2) is 69.0 Å². The molecule has 0 aliphatic heterocycles. The topological polar surface area (TPSA) is 0 Å². The molecule has 0 saturated heterocycles. The molecule has 2 aliphatic rings. The summed E-state index contributed by atoms with van der Waals surface area (Å²) in [5.74, 6) is 0.585. The van der Waals surface area contributed by atoms with Crippen LogP contribution in [0.1, 0.15) is 35.5 Å². The molecule has 0 amide bonds. The molecule has 128 valence electrons. The summed E-state index contributed by atoms with van der Waals surface area (Å²) < 4.78 is 7.12. The minimum Gasteiger partial charge on any atom is -1.00 e. The third-order valence-corrected chi connectivity index (χ3v) is 12.5. The van der Waals surface area contributed by atoms with Crippen LogP contribution >= 0.6 is 0 Å². The van der Waals surface area contributed by atoms with Gasteiger partial charge >= 0.3 is 147 Å². The van der Waals surface area contributed by atoms with Crippen molar-refractivity contribution in [2.45, 2.75) is 24.4 Å². The molecule has 0 aromatic heterocycles. The molecule has 0 saturated carbocycles. The zero-order valence-corrected chi connectivity index (χ0v) is 18.8. The fourth-order valence-corrected chi connectivity index (χ4v) is 11.5. The number of benzene rings is 2. The van der Waals surface area contributed by atoms with Crippen molar-refractivity contribution in [2.24, 2.45) is 5.92 Å². The van der Waals surface area contributed by atoms with Gasteiger partial charge in [0.05, 0.1) is 0 Å². The average Bonchev–Trinajstić information content (AvgIpc) is 3.01. The minimum atomic E-state index is -2.04. The van der Waals surface area contributed by atoms with E-state index in [1.54, 1.807) is 3.28 Å². The van der Waals surface area contributed by atoms with E-state index in [0.29, 0.717) is 9.54 Å². The molecule has 3 heteroatoms. The third kappa shape index (κ3) is 3.20. The summed E-state index contributed by atoms with van der Waals surface area (Å²) in [6.45, 7) is 6.92. The Hall–Kier alpha value is -0.747. The van der Waals surface area contributed by atoms with Crippen LogP contribution in [0, 0.1) is 5.92 Å². The van der Waals surface area contributed by atoms with Gasteiger partial charge in [0.15, 0.2) is 0 Å². The Kier molecular flexibility index (Phi) is 6.47. The second-order valence-electron chi connectivity index (χ2n) is 6.81. The van der Waals surface area contributed by atoms with E-state index in [4.69, 9.17) is 4.21 Å². The summed E-state index contributed by atoms with van der Waals surface area (Å²) in [7, 11) is 0. The molecule has 0 heterocycles. The van der Waals surface area contributed by atoms with E-state index in [0.717, 1.165) is 0 Å². The van der Waals surface area contributed by atoms with E-state index in [1.807, 2.05) is 0 Å². The first-order chi connectivity index (χ1) is 11.1. The largest absolute Gasteiger partial charge is 1.00 e. The standard InChI is InChI=1S/C13H9.C8H11.CH2.2ClH.Zr/c1-3-7-12-10(5-1)9-11-6-2-4-8-13(11)12;1-6-4-7(2)8(3)5-6;;;;/h1-9H;4,6H,1-3H3;1H2;2*1H;/q;;;;;+2/p-2. The molecule has 1 unspecified atom stereocenters. The maximum atomic E-state index is 4.84. The number of hydrogen-bond acceptors (Lipinski definition) is 0. The van der Waals surface area contributed by atoms with Crippen LogP contribution in [0.5, 0.6) is 0 Å². The molecule has 4 rings (SSSR count). The van der Waals surface area contributed by atoms with Crippen LogP contribution < -0.4 is 24.8 Å². The van der Waals surface area contributed by atoms with Gasteiger partial charge in [0.2, 0.25) is 0 Å². The van der Waals surface area contributed by atoms with Crippen molar-refractivity contribution in [3.8, 4) is 11.1 Å². The quantitative estimate of drug-likeness (QED) is 0.591. The van der Waals surface area contributed by atoms with Gasteiger partial charge in [-0.3, -0.25) is 0 Å². The van der Waals surface area contributed by atoms with Crippen LogP contribution in [0.25, 0.3) is 11.1 Å². The Labute approximate surface area is 171 Å². The summed E-state index contributed by atoms with van der Waals surface area (Å²) >= 11 is -2.04. The van der Waals surface area contributed by atoms with Gasteiger partial charge < -0.3 is 24.8 Å². The van der Waals surface area contributed by atoms with Gasteiger partial charge in [-0.1, -0.05) is 0 Å². The number of fused-ring (bicyclic) bond motifs is 3. The number of halogens is 2. The summed E-state index contributed by atoms with van der Waals surface area (Å²) in [5, 5.41) is 0. The van der Waals surface area contributed by atoms with E-state index >= 15 is 0 Å².